The summed E-state index contributed by atoms with van der Waals surface area (Å²) < 4.78 is 3.10. The Hall–Kier alpha value is -2.81. The van der Waals surface area contributed by atoms with Crippen molar-refractivity contribution in [3.8, 4) is 0 Å². The number of fused-ring (bicyclic) bond motifs is 2. The molecule has 0 saturated carbocycles. The van der Waals surface area contributed by atoms with E-state index in [0.29, 0.717) is 16.6 Å². The molecule has 0 aliphatic rings. The van der Waals surface area contributed by atoms with E-state index in [2.05, 4.69) is 32.4 Å². The van der Waals surface area contributed by atoms with Crippen LogP contribution in [0.5, 0.6) is 0 Å². The second-order valence-corrected chi connectivity index (χ2v) is 6.28. The monoisotopic (exact) mass is 341 g/mol. The van der Waals surface area contributed by atoms with Crippen molar-refractivity contribution < 1.29 is 0 Å². The van der Waals surface area contributed by atoms with Crippen molar-refractivity contribution in [1.82, 2.24) is 29.2 Å². The number of hydrogen-bond acceptors (Lipinski definition) is 7. The Morgan fingerprint density at radius 1 is 1.25 bits per heavy atom. The average molecular weight is 341 g/mol. The molecule has 0 saturated heterocycles. The molecule has 0 aromatic carbocycles. The van der Waals surface area contributed by atoms with Gasteiger partial charge in [0.05, 0.1) is 18.4 Å². The first-order chi connectivity index (χ1) is 11.7. The van der Waals surface area contributed by atoms with Crippen LogP contribution in [-0.2, 0) is 13.0 Å². The molecule has 4 heterocycles. The van der Waals surface area contributed by atoms with Crippen molar-refractivity contribution in [3.05, 3.63) is 52.3 Å². The molecule has 0 unspecified atom stereocenters. The Balaban J connectivity index is 1.62. The molecule has 4 aromatic rings. The van der Waals surface area contributed by atoms with Gasteiger partial charge >= 0.3 is 0 Å². The molecule has 0 bridgehead atoms. The highest BCUT2D eigenvalue weighted by Crippen LogP contribution is 2.18. The van der Waals surface area contributed by atoms with Crippen molar-refractivity contribution >= 4 is 27.1 Å². The van der Waals surface area contributed by atoms with Gasteiger partial charge in [-0.15, -0.1) is 5.10 Å². The van der Waals surface area contributed by atoms with Crippen molar-refractivity contribution in [2.24, 2.45) is 0 Å². The molecule has 0 amide bonds. The van der Waals surface area contributed by atoms with Crippen LogP contribution >= 0.6 is 11.3 Å². The first-order valence-corrected chi connectivity index (χ1v) is 8.47. The first kappa shape index (κ1) is 14.8. The molecule has 0 radical (unpaired) electrons. The van der Waals surface area contributed by atoms with E-state index in [1.54, 1.807) is 23.0 Å². The van der Waals surface area contributed by atoms with Gasteiger partial charge in [0.2, 0.25) is 10.1 Å². The lowest BCUT2D eigenvalue weighted by Gasteiger charge is -2.04. The highest BCUT2D eigenvalue weighted by Gasteiger charge is 2.09. The summed E-state index contributed by atoms with van der Waals surface area (Å²) in [5.41, 5.74) is 2.41. The summed E-state index contributed by atoms with van der Waals surface area (Å²) in [6.07, 6.45) is 5.20. The predicted molar refractivity (Wildman–Crippen MR) is 91.4 cm³/mol. The second-order valence-electron chi connectivity index (χ2n) is 5.33. The summed E-state index contributed by atoms with van der Waals surface area (Å²) >= 11 is 1.36. The Labute approximate surface area is 140 Å². The molecule has 8 nitrogen and oxygen atoms in total. The van der Waals surface area contributed by atoms with E-state index in [0.717, 1.165) is 29.9 Å². The van der Waals surface area contributed by atoms with Gasteiger partial charge < -0.3 is 5.32 Å². The van der Waals surface area contributed by atoms with Crippen LogP contribution in [0.15, 0.2) is 35.4 Å². The maximum absolute atomic E-state index is 12.1. The highest BCUT2D eigenvalue weighted by atomic mass is 32.1. The lowest BCUT2D eigenvalue weighted by Crippen LogP contribution is -2.15. The Morgan fingerprint density at radius 3 is 3.04 bits per heavy atom. The van der Waals surface area contributed by atoms with E-state index in [-0.39, 0.29) is 5.56 Å². The maximum Gasteiger partial charge on any atom is 0.275 e. The van der Waals surface area contributed by atoms with Gasteiger partial charge in [-0.3, -0.25) is 4.79 Å². The molecular weight excluding hydrogens is 326 g/mol. The smallest absolute Gasteiger partial charge is 0.275 e. The minimum absolute atomic E-state index is 0.147. The molecule has 4 aromatic heterocycles. The quantitative estimate of drug-likeness (QED) is 0.595. The number of nitrogens with one attached hydrogen (secondary N) is 1. The third-order valence-corrected chi connectivity index (χ3v) is 4.46. The summed E-state index contributed by atoms with van der Waals surface area (Å²) in [6.45, 7) is 2.59. The molecule has 9 heteroatoms. The van der Waals surface area contributed by atoms with Crippen LogP contribution in [0.2, 0.25) is 0 Å². The van der Waals surface area contributed by atoms with E-state index < -0.39 is 0 Å². The third-order valence-electron chi connectivity index (χ3n) is 3.59. The fourth-order valence-electron chi connectivity index (χ4n) is 2.50. The summed E-state index contributed by atoms with van der Waals surface area (Å²) in [5.74, 6) is 0. The lowest BCUT2D eigenvalue weighted by molar-refractivity contribution is 0.831. The van der Waals surface area contributed by atoms with Gasteiger partial charge in [0.15, 0.2) is 5.65 Å². The molecule has 122 valence electrons. The fraction of sp³-hybridized carbons (Fsp3) is 0.267. The van der Waals surface area contributed by atoms with Crippen LogP contribution in [0, 0.1) is 0 Å². The predicted octanol–water partition coefficient (Wildman–Crippen LogP) is 1.76. The van der Waals surface area contributed by atoms with Crippen molar-refractivity contribution in [3.63, 3.8) is 0 Å². The van der Waals surface area contributed by atoms with Crippen molar-refractivity contribution in [2.75, 3.05) is 5.32 Å². The zero-order chi connectivity index (χ0) is 16.5. The van der Waals surface area contributed by atoms with E-state index >= 15 is 0 Å². The number of nitrogens with zero attached hydrogens (tertiary/aromatic N) is 6. The zero-order valence-corrected chi connectivity index (χ0v) is 13.8. The average Bonchev–Trinajstić information content (AvgIpc) is 3.20. The number of aryl methyl sites for hydroxylation is 1. The second kappa shape index (κ2) is 6.00. The first-order valence-electron chi connectivity index (χ1n) is 7.66. The largest absolute Gasteiger partial charge is 0.354 e. The van der Waals surface area contributed by atoms with Crippen LogP contribution in [0.1, 0.15) is 24.7 Å². The number of hydrogen-bond donors (Lipinski definition) is 1. The molecule has 0 aliphatic heterocycles. The number of aromatic nitrogens is 6. The van der Waals surface area contributed by atoms with Gasteiger partial charge in [0.25, 0.3) is 5.56 Å². The van der Waals surface area contributed by atoms with Gasteiger partial charge in [-0.1, -0.05) is 24.7 Å². The van der Waals surface area contributed by atoms with Crippen molar-refractivity contribution in [1.29, 1.82) is 0 Å². The van der Waals surface area contributed by atoms with Gasteiger partial charge in [-0.05, 0) is 12.5 Å². The highest BCUT2D eigenvalue weighted by molar-refractivity contribution is 7.20. The number of rotatable bonds is 5. The SMILES string of the molecule is CCCc1cc(=O)n2nc(NCc3ccnc4ccnn34)sc2n1. The van der Waals surface area contributed by atoms with E-state index in [1.165, 1.54) is 15.9 Å². The van der Waals surface area contributed by atoms with Crippen molar-refractivity contribution in [2.45, 2.75) is 26.3 Å². The molecular formula is C15H15N7OS. The molecule has 0 spiro atoms. The summed E-state index contributed by atoms with van der Waals surface area (Å²) in [4.78, 5) is 21.5. The van der Waals surface area contributed by atoms with Crippen LogP contribution in [-0.4, -0.2) is 29.2 Å². The molecule has 4 rings (SSSR count). The standard InChI is InChI=1S/C15H15N7OS/c1-2-3-10-8-13(23)22-15(19-10)24-14(20-22)17-9-11-4-6-16-12-5-7-18-21(11)12/h4-8H,2-3,9H2,1H3,(H,17,20). The summed E-state index contributed by atoms with van der Waals surface area (Å²) in [7, 11) is 0. The maximum atomic E-state index is 12.1. The van der Waals surface area contributed by atoms with Gasteiger partial charge in [0, 0.05) is 24.0 Å². The van der Waals surface area contributed by atoms with E-state index in [4.69, 9.17) is 0 Å². The van der Waals surface area contributed by atoms with Crippen LogP contribution in [0.4, 0.5) is 5.13 Å². The molecule has 0 aliphatic carbocycles. The third kappa shape index (κ3) is 2.62. The summed E-state index contributed by atoms with van der Waals surface area (Å²) in [5, 5.41) is 12.4. The molecule has 0 fully saturated rings. The zero-order valence-electron chi connectivity index (χ0n) is 13.0. The fourth-order valence-corrected chi connectivity index (χ4v) is 3.32. The minimum atomic E-state index is -0.147. The Morgan fingerprint density at radius 2 is 2.17 bits per heavy atom. The molecule has 1 N–H and O–H groups in total. The topological polar surface area (TPSA) is 89.5 Å². The van der Waals surface area contributed by atoms with Crippen LogP contribution in [0.25, 0.3) is 10.6 Å². The molecule has 24 heavy (non-hydrogen) atoms. The van der Waals surface area contributed by atoms with Gasteiger partial charge in [0.1, 0.15) is 0 Å². The number of anilines is 1. The lowest BCUT2D eigenvalue weighted by atomic mass is 10.2. The summed E-state index contributed by atoms with van der Waals surface area (Å²) in [6, 6.07) is 5.29. The van der Waals surface area contributed by atoms with Crippen LogP contribution in [0.3, 0.4) is 0 Å². The van der Waals surface area contributed by atoms with Gasteiger partial charge in [-0.2, -0.15) is 9.61 Å². The van der Waals surface area contributed by atoms with Gasteiger partial charge in [-0.25, -0.2) is 14.5 Å². The molecule has 0 atom stereocenters. The Bertz CT molecular complexity index is 1060. The normalized spacial score (nSPS) is 11.4. The Kier molecular flexibility index (Phi) is 3.69. The minimum Gasteiger partial charge on any atom is -0.354 e. The van der Waals surface area contributed by atoms with E-state index in [1.807, 2.05) is 12.1 Å². The van der Waals surface area contributed by atoms with Crippen LogP contribution < -0.4 is 10.9 Å². The van der Waals surface area contributed by atoms with E-state index in [9.17, 15) is 4.79 Å².